The molecule has 1 aliphatic heterocycles. The molecular weight excluding hydrogens is 539 g/mol. The van der Waals surface area contributed by atoms with Crippen molar-refractivity contribution in [1.82, 2.24) is 5.32 Å². The molecule has 8 atom stereocenters. The number of aromatic hydroxyl groups is 1. The average molecular weight is 586 g/mol. The van der Waals surface area contributed by atoms with Crippen LogP contribution in [0, 0.1) is 34.5 Å². The van der Waals surface area contributed by atoms with Crippen molar-refractivity contribution in [2.45, 2.75) is 89.5 Å². The van der Waals surface area contributed by atoms with Crippen molar-refractivity contribution in [2.24, 2.45) is 34.5 Å². The Morgan fingerprint density at radius 3 is 2.71 bits per heavy atom. The van der Waals surface area contributed by atoms with Gasteiger partial charge in [0, 0.05) is 29.0 Å². The molecule has 2 aromatic rings. The largest absolute Gasteiger partial charge is 0.508 e. The van der Waals surface area contributed by atoms with Gasteiger partial charge in [-0.25, -0.2) is 0 Å². The van der Waals surface area contributed by atoms with E-state index in [1.54, 1.807) is 0 Å². The molecule has 0 radical (unpaired) electrons. The Hall–Kier alpha value is -1.62. The van der Waals surface area contributed by atoms with Crippen LogP contribution in [-0.4, -0.2) is 22.2 Å². The van der Waals surface area contributed by atoms with Crippen molar-refractivity contribution >= 4 is 21.6 Å². The van der Waals surface area contributed by atoms with Gasteiger partial charge < -0.3 is 10.4 Å². The lowest BCUT2D eigenvalue weighted by Gasteiger charge is -2.65. The third-order valence-electron chi connectivity index (χ3n) is 11.4. The molecule has 5 aliphatic rings. The molecule has 2 nitrogen and oxygen atoms in total. The van der Waals surface area contributed by atoms with Crippen LogP contribution in [0.1, 0.15) is 81.0 Å². The molecule has 2 spiro atoms. The Balaban J connectivity index is 1.29. The Morgan fingerprint density at radius 2 is 1.83 bits per heavy atom. The van der Waals surface area contributed by atoms with Crippen LogP contribution in [0.2, 0.25) is 0 Å². The number of hydrogen-bond donors (Lipinski definition) is 2. The number of phenols is 1. The van der Waals surface area contributed by atoms with Crippen LogP contribution in [0.15, 0.2) is 66.8 Å². The van der Waals surface area contributed by atoms with Gasteiger partial charge in [0.15, 0.2) is 0 Å². The molecule has 2 fully saturated rings. The van der Waals surface area contributed by atoms with Crippen molar-refractivity contribution in [2.75, 3.05) is 5.75 Å². The van der Waals surface area contributed by atoms with Crippen molar-refractivity contribution in [3.8, 4) is 5.75 Å². The highest BCUT2D eigenvalue weighted by Gasteiger charge is 2.61. The molecule has 0 amide bonds. The van der Waals surface area contributed by atoms with Crippen LogP contribution in [0.25, 0.3) is 0 Å². The van der Waals surface area contributed by atoms with Gasteiger partial charge in [0.25, 0.3) is 0 Å². The molecule has 218 valence electrons. The highest BCUT2D eigenvalue weighted by Crippen LogP contribution is 2.69. The lowest BCUT2D eigenvalue weighted by Crippen LogP contribution is -2.57. The third kappa shape index (κ3) is 5.36. The first-order valence-corrected chi connectivity index (χ1v) is 18.6. The quantitative estimate of drug-likeness (QED) is 0.239. The summed E-state index contributed by atoms with van der Waals surface area (Å²) >= 11 is 0. The van der Waals surface area contributed by atoms with Gasteiger partial charge in [-0.1, -0.05) is 89.6 Å². The molecule has 0 saturated heterocycles. The molecule has 5 bridgehead atoms. The fraction of sp³-hybridized carbons (Fsp3) is 0.568. The zero-order valence-corrected chi connectivity index (χ0v) is 26.5. The molecule has 4 aliphatic carbocycles. The fourth-order valence-corrected chi connectivity index (χ4v) is 12.8. The number of hydrogen-bond acceptors (Lipinski definition) is 4. The molecule has 2 aromatic carbocycles. The number of phenolic OH excluding ortho intramolecular Hbond substituents is 1. The second-order valence-corrected chi connectivity index (χ2v) is 16.8. The van der Waals surface area contributed by atoms with Gasteiger partial charge in [0.05, 0.1) is 0 Å². The molecule has 41 heavy (non-hydrogen) atoms. The van der Waals surface area contributed by atoms with Crippen LogP contribution in [0.5, 0.6) is 5.75 Å². The highest BCUT2D eigenvalue weighted by molar-refractivity contribution is 8.77. The van der Waals surface area contributed by atoms with Crippen LogP contribution in [0.3, 0.4) is 0 Å². The second-order valence-electron chi connectivity index (χ2n) is 14.2. The lowest BCUT2D eigenvalue weighted by molar-refractivity contribution is -0.0886. The van der Waals surface area contributed by atoms with E-state index in [9.17, 15) is 5.11 Å². The number of benzene rings is 2. The average Bonchev–Trinajstić information content (AvgIpc) is 2.94. The maximum absolute atomic E-state index is 10.9. The molecule has 4 heteroatoms. The number of nitrogens with one attached hydrogen (secondary N) is 1. The summed E-state index contributed by atoms with van der Waals surface area (Å²) in [7, 11) is 4.22. The van der Waals surface area contributed by atoms with Crippen LogP contribution in [0.4, 0.5) is 0 Å². The Labute approximate surface area is 255 Å². The Morgan fingerprint density at radius 1 is 0.976 bits per heavy atom. The zero-order valence-electron chi connectivity index (χ0n) is 24.9. The summed E-state index contributed by atoms with van der Waals surface area (Å²) in [6, 6.07) is 15.8. The van der Waals surface area contributed by atoms with E-state index in [1.807, 2.05) is 6.07 Å². The molecular formula is C37H47NOS2. The highest BCUT2D eigenvalue weighted by atomic mass is 33.1. The van der Waals surface area contributed by atoms with Gasteiger partial charge in [-0.3, -0.25) is 0 Å². The maximum atomic E-state index is 10.9. The van der Waals surface area contributed by atoms with Crippen LogP contribution >= 0.6 is 21.6 Å². The Kier molecular flexibility index (Phi) is 7.88. The van der Waals surface area contributed by atoms with Gasteiger partial charge in [-0.05, 0) is 122 Å². The number of allylic oxidation sites excluding steroid dienone is 3. The van der Waals surface area contributed by atoms with Crippen LogP contribution < -0.4 is 5.32 Å². The summed E-state index contributed by atoms with van der Waals surface area (Å²) in [6.45, 7) is 5.71. The first-order valence-electron chi connectivity index (χ1n) is 16.2. The van der Waals surface area contributed by atoms with Gasteiger partial charge in [-0.2, -0.15) is 0 Å². The SMILES string of the molecule is CC1CC=CC2(CCCC3C4Cc5cc(O)cc(c5)Cc5ccccc5CNC(C)CSSC5C=CC32CC5C4)C1. The van der Waals surface area contributed by atoms with E-state index >= 15 is 0 Å². The minimum absolute atomic E-state index is 0.294. The first-order chi connectivity index (χ1) is 19.9. The normalized spacial score (nSPS) is 38.7. The van der Waals surface area contributed by atoms with E-state index in [1.165, 1.54) is 67.2 Å². The third-order valence-corrected chi connectivity index (χ3v) is 14.4. The number of rotatable bonds is 0. The first kappa shape index (κ1) is 28.2. The van der Waals surface area contributed by atoms with Crippen molar-refractivity contribution in [1.29, 1.82) is 0 Å². The monoisotopic (exact) mass is 585 g/mol. The minimum Gasteiger partial charge on any atom is -0.508 e. The zero-order chi connectivity index (χ0) is 28.0. The standard InChI is InChI=1S/C37H47NOS2/c1-25-7-5-12-36(21-25)13-6-10-34-31-17-28-15-27(18-33(39)19-28)16-29-8-3-4-9-30(29)23-38-26(2)24-40-41-35-11-14-37(34,36)22-32(35)20-31/h3-5,8-9,11-12,14-15,18-19,25-26,31-32,34-35,38-39H,6-7,10,13,16-17,20-24H2,1-2H3. The van der Waals surface area contributed by atoms with Gasteiger partial charge in [-0.15, -0.1) is 0 Å². The maximum Gasteiger partial charge on any atom is 0.116 e. The summed E-state index contributed by atoms with van der Waals surface area (Å²) < 4.78 is 0. The summed E-state index contributed by atoms with van der Waals surface area (Å²) in [4.78, 5) is 0. The molecule has 2 N–H and O–H groups in total. The van der Waals surface area contributed by atoms with Crippen LogP contribution in [-0.2, 0) is 19.4 Å². The predicted octanol–water partition coefficient (Wildman–Crippen LogP) is 9.12. The summed E-state index contributed by atoms with van der Waals surface area (Å²) in [5.41, 5.74) is 5.93. The van der Waals surface area contributed by atoms with Gasteiger partial charge >= 0.3 is 0 Å². The fourth-order valence-electron chi connectivity index (χ4n) is 9.73. The van der Waals surface area contributed by atoms with E-state index in [0.717, 1.165) is 42.9 Å². The molecule has 8 unspecified atom stereocenters. The summed E-state index contributed by atoms with van der Waals surface area (Å²) in [5.74, 6) is 4.48. The predicted molar refractivity (Wildman–Crippen MR) is 176 cm³/mol. The van der Waals surface area contributed by atoms with E-state index in [-0.39, 0.29) is 0 Å². The number of fused-ring (bicyclic) bond motifs is 5. The van der Waals surface area contributed by atoms with E-state index in [4.69, 9.17) is 0 Å². The molecule has 0 aromatic heterocycles. The topological polar surface area (TPSA) is 32.3 Å². The molecule has 1 heterocycles. The smallest absolute Gasteiger partial charge is 0.116 e. The van der Waals surface area contributed by atoms with E-state index < -0.39 is 0 Å². The molecule has 7 rings (SSSR count). The minimum atomic E-state index is 0.294. The lowest BCUT2D eigenvalue weighted by atomic mass is 9.40. The van der Waals surface area contributed by atoms with Crippen molar-refractivity contribution in [3.63, 3.8) is 0 Å². The van der Waals surface area contributed by atoms with Gasteiger partial charge in [0.2, 0.25) is 0 Å². The van der Waals surface area contributed by atoms with E-state index in [0.29, 0.717) is 33.8 Å². The summed E-state index contributed by atoms with van der Waals surface area (Å²) in [5, 5.41) is 15.3. The Bertz CT molecular complexity index is 1320. The van der Waals surface area contributed by atoms with Crippen molar-refractivity contribution < 1.29 is 5.11 Å². The molecule has 2 saturated carbocycles. The van der Waals surface area contributed by atoms with Gasteiger partial charge in [0.1, 0.15) is 5.75 Å². The van der Waals surface area contributed by atoms with Crippen molar-refractivity contribution in [3.05, 3.63) is 89.0 Å². The second kappa shape index (κ2) is 11.5. The van der Waals surface area contributed by atoms with E-state index in [2.05, 4.69) is 101 Å². The summed E-state index contributed by atoms with van der Waals surface area (Å²) in [6.07, 6.45) is 22.0.